The van der Waals surface area contributed by atoms with E-state index < -0.39 is 10.0 Å². The number of nitrogens with zero attached hydrogens (tertiary/aromatic N) is 1. The number of sulfonamides is 1. The first-order valence-electron chi connectivity index (χ1n) is 7.62. The lowest BCUT2D eigenvalue weighted by atomic mass is 10.0. The van der Waals surface area contributed by atoms with Gasteiger partial charge >= 0.3 is 0 Å². The Bertz CT molecular complexity index is 554. The number of para-hydroxylation sites is 1. The summed E-state index contributed by atoms with van der Waals surface area (Å²) in [7, 11) is -3.70. The Morgan fingerprint density at radius 2 is 2.10 bits per heavy atom. The second-order valence-corrected chi connectivity index (χ2v) is 7.14. The van der Waals surface area contributed by atoms with Crippen molar-refractivity contribution in [3.05, 3.63) is 24.3 Å². The first-order valence-corrected chi connectivity index (χ1v) is 9.17. The van der Waals surface area contributed by atoms with Gasteiger partial charge in [0, 0.05) is 19.1 Å². The second kappa shape index (κ2) is 7.24. The van der Waals surface area contributed by atoms with E-state index in [0.717, 1.165) is 32.5 Å². The van der Waals surface area contributed by atoms with Gasteiger partial charge in [0.2, 0.25) is 10.0 Å². The maximum absolute atomic E-state index is 11.8. The molecular formula is C15H25N3O2S. The van der Waals surface area contributed by atoms with E-state index in [1.807, 2.05) is 12.1 Å². The molecular weight excluding hydrogens is 286 g/mol. The third-order valence-corrected chi connectivity index (χ3v) is 4.82. The molecule has 1 fully saturated rings. The molecule has 1 heterocycles. The first-order chi connectivity index (χ1) is 10.0. The fourth-order valence-corrected chi connectivity index (χ4v) is 3.64. The number of benzene rings is 1. The molecule has 5 nitrogen and oxygen atoms in total. The van der Waals surface area contributed by atoms with Crippen LogP contribution in [-0.4, -0.2) is 34.1 Å². The van der Waals surface area contributed by atoms with E-state index in [1.54, 1.807) is 12.1 Å². The Hall–Kier alpha value is -1.11. The normalized spacial score (nSPS) is 19.4. The van der Waals surface area contributed by atoms with Gasteiger partial charge in [-0.2, -0.15) is 0 Å². The van der Waals surface area contributed by atoms with E-state index in [4.69, 9.17) is 5.14 Å². The molecule has 1 atom stereocenters. The summed E-state index contributed by atoms with van der Waals surface area (Å²) in [5, 5.41) is 8.87. The maximum atomic E-state index is 11.8. The Morgan fingerprint density at radius 1 is 1.33 bits per heavy atom. The quantitative estimate of drug-likeness (QED) is 0.838. The Kier molecular flexibility index (Phi) is 5.61. The van der Waals surface area contributed by atoms with Gasteiger partial charge in [0.25, 0.3) is 0 Å². The van der Waals surface area contributed by atoms with Crippen molar-refractivity contribution in [2.45, 2.75) is 43.5 Å². The molecule has 1 aromatic rings. The first kappa shape index (κ1) is 16.3. The highest BCUT2D eigenvalue weighted by Crippen LogP contribution is 2.25. The lowest BCUT2D eigenvalue weighted by Gasteiger charge is -2.32. The molecule has 0 aliphatic carbocycles. The highest BCUT2D eigenvalue weighted by atomic mass is 32.2. The Labute approximate surface area is 127 Å². The zero-order chi connectivity index (χ0) is 15.3. The zero-order valence-electron chi connectivity index (χ0n) is 12.6. The molecule has 118 valence electrons. The predicted molar refractivity (Wildman–Crippen MR) is 86.0 cm³/mol. The molecule has 0 amide bonds. The van der Waals surface area contributed by atoms with Crippen molar-refractivity contribution in [2.24, 2.45) is 5.14 Å². The fourth-order valence-electron chi connectivity index (χ4n) is 2.88. The van der Waals surface area contributed by atoms with Crippen molar-refractivity contribution in [2.75, 3.05) is 24.5 Å². The molecule has 3 N–H and O–H groups in total. The largest absolute Gasteiger partial charge is 0.369 e. The highest BCUT2D eigenvalue weighted by molar-refractivity contribution is 7.89. The molecule has 1 unspecified atom stereocenters. The third-order valence-electron chi connectivity index (χ3n) is 3.86. The Morgan fingerprint density at radius 3 is 2.71 bits per heavy atom. The van der Waals surface area contributed by atoms with Gasteiger partial charge in [-0.15, -0.1) is 0 Å². The predicted octanol–water partition coefficient (Wildman–Crippen LogP) is 1.69. The smallest absolute Gasteiger partial charge is 0.240 e. The number of primary sulfonamides is 1. The fraction of sp³-hybridized carbons (Fsp3) is 0.600. The van der Waals surface area contributed by atoms with E-state index >= 15 is 0 Å². The number of rotatable bonds is 6. The topological polar surface area (TPSA) is 75.4 Å². The summed E-state index contributed by atoms with van der Waals surface area (Å²) < 4.78 is 23.6. The standard InChI is InChI=1S/C15H25N3O2S/c1-2-11-18(12-13-7-5-6-10-17-13)14-8-3-4-9-15(14)21(16,19)20/h3-4,8-9,13,17H,2,5-7,10-12H2,1H3,(H2,16,19,20). The van der Waals surface area contributed by atoms with Crippen molar-refractivity contribution < 1.29 is 8.42 Å². The van der Waals surface area contributed by atoms with Crippen LogP contribution in [0.25, 0.3) is 0 Å². The monoisotopic (exact) mass is 311 g/mol. The minimum atomic E-state index is -3.70. The molecule has 0 bridgehead atoms. The summed E-state index contributed by atoms with van der Waals surface area (Å²) in [6.07, 6.45) is 4.55. The molecule has 1 aliphatic rings. The van der Waals surface area contributed by atoms with E-state index in [0.29, 0.717) is 11.7 Å². The molecule has 0 saturated carbocycles. The number of anilines is 1. The molecule has 6 heteroatoms. The molecule has 1 saturated heterocycles. The number of hydrogen-bond donors (Lipinski definition) is 2. The zero-order valence-corrected chi connectivity index (χ0v) is 13.4. The summed E-state index contributed by atoms with van der Waals surface area (Å²) >= 11 is 0. The molecule has 0 aromatic heterocycles. The van der Waals surface area contributed by atoms with Crippen LogP contribution in [0.5, 0.6) is 0 Å². The lowest BCUT2D eigenvalue weighted by molar-refractivity contribution is 0.398. The van der Waals surface area contributed by atoms with Crippen LogP contribution in [0.15, 0.2) is 29.2 Å². The Balaban J connectivity index is 2.25. The highest BCUT2D eigenvalue weighted by Gasteiger charge is 2.21. The molecule has 1 aromatic carbocycles. The van der Waals surface area contributed by atoms with Crippen molar-refractivity contribution in [3.63, 3.8) is 0 Å². The minimum absolute atomic E-state index is 0.217. The van der Waals surface area contributed by atoms with Crippen LogP contribution in [0.4, 0.5) is 5.69 Å². The van der Waals surface area contributed by atoms with E-state index in [9.17, 15) is 8.42 Å². The summed E-state index contributed by atoms with van der Waals surface area (Å²) in [6.45, 7) is 4.79. The van der Waals surface area contributed by atoms with Crippen molar-refractivity contribution in [1.29, 1.82) is 0 Å². The second-order valence-electron chi connectivity index (χ2n) is 5.61. The maximum Gasteiger partial charge on any atom is 0.240 e. The molecule has 21 heavy (non-hydrogen) atoms. The van der Waals surface area contributed by atoms with Crippen LogP contribution in [0.3, 0.4) is 0 Å². The lowest BCUT2D eigenvalue weighted by Crippen LogP contribution is -2.44. The van der Waals surface area contributed by atoms with Gasteiger partial charge in [-0.1, -0.05) is 25.5 Å². The van der Waals surface area contributed by atoms with Crippen LogP contribution in [-0.2, 0) is 10.0 Å². The SMILES string of the molecule is CCCN(CC1CCCCN1)c1ccccc1S(N)(=O)=O. The summed E-state index contributed by atoms with van der Waals surface area (Å²) in [6, 6.07) is 7.42. The van der Waals surface area contributed by atoms with Crippen molar-refractivity contribution in [3.8, 4) is 0 Å². The van der Waals surface area contributed by atoms with Gasteiger partial charge in [0.15, 0.2) is 0 Å². The van der Waals surface area contributed by atoms with Gasteiger partial charge in [0.1, 0.15) is 4.90 Å². The average molecular weight is 311 g/mol. The molecule has 0 spiro atoms. The van der Waals surface area contributed by atoms with Gasteiger partial charge in [-0.25, -0.2) is 13.6 Å². The van der Waals surface area contributed by atoms with Crippen molar-refractivity contribution >= 4 is 15.7 Å². The van der Waals surface area contributed by atoms with Crippen LogP contribution in [0.1, 0.15) is 32.6 Å². The summed E-state index contributed by atoms with van der Waals surface area (Å²) in [5.74, 6) is 0. The van der Waals surface area contributed by atoms with E-state index in [-0.39, 0.29) is 4.90 Å². The third kappa shape index (κ3) is 4.43. The van der Waals surface area contributed by atoms with Crippen LogP contribution in [0, 0.1) is 0 Å². The molecule has 0 radical (unpaired) electrons. The van der Waals surface area contributed by atoms with Gasteiger partial charge < -0.3 is 10.2 Å². The molecule has 2 rings (SSSR count). The summed E-state index contributed by atoms with van der Waals surface area (Å²) in [5.41, 5.74) is 0.717. The number of piperidine rings is 1. The van der Waals surface area contributed by atoms with E-state index in [1.165, 1.54) is 12.8 Å². The van der Waals surface area contributed by atoms with Crippen LogP contribution < -0.4 is 15.4 Å². The van der Waals surface area contributed by atoms with Gasteiger partial charge in [-0.3, -0.25) is 0 Å². The number of hydrogen-bond acceptors (Lipinski definition) is 4. The molecule has 1 aliphatic heterocycles. The number of nitrogens with two attached hydrogens (primary N) is 1. The van der Waals surface area contributed by atoms with Gasteiger partial charge in [-0.05, 0) is 37.9 Å². The van der Waals surface area contributed by atoms with E-state index in [2.05, 4.69) is 17.1 Å². The van der Waals surface area contributed by atoms with Gasteiger partial charge in [0.05, 0.1) is 5.69 Å². The average Bonchev–Trinajstić information content (AvgIpc) is 2.47. The summed E-state index contributed by atoms with van der Waals surface area (Å²) in [4.78, 5) is 2.36. The minimum Gasteiger partial charge on any atom is -0.369 e. The number of nitrogens with one attached hydrogen (secondary N) is 1. The van der Waals surface area contributed by atoms with Crippen LogP contribution >= 0.6 is 0 Å². The van der Waals surface area contributed by atoms with Crippen LogP contribution in [0.2, 0.25) is 0 Å². The van der Waals surface area contributed by atoms with Crippen molar-refractivity contribution in [1.82, 2.24) is 5.32 Å².